The van der Waals surface area contributed by atoms with Crippen LogP contribution in [0, 0.1) is 6.92 Å². The van der Waals surface area contributed by atoms with Crippen LogP contribution < -0.4 is 5.32 Å². The Labute approximate surface area is 100 Å². The molecule has 5 heteroatoms. The summed E-state index contributed by atoms with van der Waals surface area (Å²) in [5.41, 5.74) is 0.459. The molecular weight excluding hydrogens is 222 g/mol. The predicted octanol–water partition coefficient (Wildman–Crippen LogP) is 2.21. The van der Waals surface area contributed by atoms with Gasteiger partial charge in [-0.3, -0.25) is 4.79 Å². The Bertz CT molecular complexity index is 402. The maximum absolute atomic E-state index is 11.3. The monoisotopic (exact) mass is 237 g/mol. The number of carbonyl (C=O) groups excluding carboxylic acids is 1. The fraction of sp³-hybridized carbons (Fsp3) is 0.545. The first kappa shape index (κ1) is 11.4. The highest BCUT2D eigenvalue weighted by atomic mass is 32.1. The summed E-state index contributed by atoms with van der Waals surface area (Å²) in [4.78, 5) is 19.6. The lowest BCUT2D eigenvalue weighted by atomic mass is 10.2. The van der Waals surface area contributed by atoms with E-state index in [0.717, 1.165) is 12.8 Å². The molecule has 1 N–H and O–H groups in total. The fourth-order valence-electron chi connectivity index (χ4n) is 2.00. The van der Waals surface area contributed by atoms with Gasteiger partial charge in [-0.2, -0.15) is 0 Å². The van der Waals surface area contributed by atoms with Crippen LogP contribution >= 0.6 is 12.6 Å². The first-order valence-electron chi connectivity index (χ1n) is 5.50. The molecule has 1 heterocycles. The number of aryl methyl sites for hydroxylation is 1. The molecule has 1 saturated carbocycles. The number of thiol groups is 1. The molecule has 0 bridgehead atoms. The van der Waals surface area contributed by atoms with E-state index < -0.39 is 0 Å². The van der Waals surface area contributed by atoms with Crippen LogP contribution in [-0.4, -0.2) is 21.1 Å². The number of rotatable bonds is 3. The average molecular weight is 237 g/mol. The summed E-state index contributed by atoms with van der Waals surface area (Å²) in [6.45, 7) is 1.81. The van der Waals surface area contributed by atoms with Gasteiger partial charge in [0.2, 0.25) is 5.12 Å². The van der Waals surface area contributed by atoms with E-state index in [9.17, 15) is 4.79 Å². The highest BCUT2D eigenvalue weighted by molar-refractivity contribution is 7.97. The summed E-state index contributed by atoms with van der Waals surface area (Å²) in [7, 11) is 0. The number of carbonyl (C=O) groups is 1. The van der Waals surface area contributed by atoms with Crippen molar-refractivity contribution in [1.29, 1.82) is 0 Å². The van der Waals surface area contributed by atoms with Gasteiger partial charge in [0.05, 0.1) is 5.56 Å². The maximum atomic E-state index is 11.3. The SMILES string of the molecule is Cc1ncc(C(=O)S)c(NC2CCCC2)n1. The van der Waals surface area contributed by atoms with E-state index in [1.165, 1.54) is 19.0 Å². The molecule has 1 aromatic heterocycles. The quantitative estimate of drug-likeness (QED) is 0.791. The van der Waals surface area contributed by atoms with E-state index in [4.69, 9.17) is 0 Å². The van der Waals surface area contributed by atoms with Crippen molar-refractivity contribution in [3.05, 3.63) is 17.6 Å². The van der Waals surface area contributed by atoms with Crippen molar-refractivity contribution in [2.45, 2.75) is 38.6 Å². The lowest BCUT2D eigenvalue weighted by Gasteiger charge is -2.14. The minimum absolute atomic E-state index is 0.291. The molecule has 1 aromatic rings. The van der Waals surface area contributed by atoms with Gasteiger partial charge in [0.1, 0.15) is 11.6 Å². The molecule has 0 saturated heterocycles. The van der Waals surface area contributed by atoms with Crippen molar-refractivity contribution < 1.29 is 4.79 Å². The van der Waals surface area contributed by atoms with E-state index in [0.29, 0.717) is 23.2 Å². The minimum atomic E-state index is -0.291. The topological polar surface area (TPSA) is 54.9 Å². The van der Waals surface area contributed by atoms with Crippen molar-refractivity contribution in [2.75, 3.05) is 5.32 Å². The van der Waals surface area contributed by atoms with Crippen LogP contribution in [0.2, 0.25) is 0 Å². The van der Waals surface area contributed by atoms with Crippen molar-refractivity contribution in [3.8, 4) is 0 Å². The summed E-state index contributed by atoms with van der Waals surface area (Å²) in [5, 5.41) is 3.02. The predicted molar refractivity (Wildman–Crippen MR) is 66.0 cm³/mol. The molecule has 86 valence electrons. The van der Waals surface area contributed by atoms with Crippen molar-refractivity contribution in [2.24, 2.45) is 0 Å². The van der Waals surface area contributed by atoms with Gasteiger partial charge < -0.3 is 5.32 Å². The second-order valence-corrected chi connectivity index (χ2v) is 4.52. The highest BCUT2D eigenvalue weighted by Crippen LogP contribution is 2.23. The number of aromatic nitrogens is 2. The Kier molecular flexibility index (Phi) is 3.43. The summed E-state index contributed by atoms with van der Waals surface area (Å²) in [5.74, 6) is 1.29. The Hall–Kier alpha value is -1.10. The molecular formula is C11H15N3OS. The molecule has 4 nitrogen and oxygen atoms in total. The van der Waals surface area contributed by atoms with Gasteiger partial charge >= 0.3 is 0 Å². The molecule has 0 atom stereocenters. The maximum Gasteiger partial charge on any atom is 0.221 e. The summed E-state index contributed by atoms with van der Waals surface area (Å²) >= 11 is 3.83. The zero-order chi connectivity index (χ0) is 11.5. The Morgan fingerprint density at radius 2 is 2.19 bits per heavy atom. The van der Waals surface area contributed by atoms with Crippen molar-refractivity contribution in [3.63, 3.8) is 0 Å². The number of hydrogen-bond donors (Lipinski definition) is 2. The number of hydrogen-bond acceptors (Lipinski definition) is 4. The molecule has 0 aromatic carbocycles. The van der Waals surface area contributed by atoms with Crippen LogP contribution in [0.5, 0.6) is 0 Å². The standard InChI is InChI=1S/C11H15N3OS/c1-7-12-6-9(11(15)16)10(13-7)14-8-4-2-3-5-8/h6,8H,2-5H2,1H3,(H,15,16)(H,12,13,14). The molecule has 0 amide bonds. The second kappa shape index (κ2) is 4.82. The molecule has 0 spiro atoms. The first-order valence-corrected chi connectivity index (χ1v) is 5.95. The van der Waals surface area contributed by atoms with E-state index in [-0.39, 0.29) is 5.12 Å². The summed E-state index contributed by atoms with van der Waals surface area (Å²) in [6, 6.07) is 0.431. The first-order chi connectivity index (χ1) is 7.66. The average Bonchev–Trinajstić information content (AvgIpc) is 2.70. The van der Waals surface area contributed by atoms with Crippen LogP contribution in [0.1, 0.15) is 41.9 Å². The number of anilines is 1. The molecule has 0 unspecified atom stereocenters. The van der Waals surface area contributed by atoms with Crippen LogP contribution in [0.3, 0.4) is 0 Å². The summed E-state index contributed by atoms with van der Waals surface area (Å²) in [6.07, 6.45) is 6.30. The second-order valence-electron chi connectivity index (χ2n) is 4.11. The van der Waals surface area contributed by atoms with E-state index >= 15 is 0 Å². The van der Waals surface area contributed by atoms with Crippen molar-refractivity contribution in [1.82, 2.24) is 9.97 Å². The number of nitrogens with zero attached hydrogens (tertiary/aromatic N) is 2. The van der Waals surface area contributed by atoms with Crippen LogP contribution in [0.25, 0.3) is 0 Å². The van der Waals surface area contributed by atoms with Gasteiger partial charge in [0.25, 0.3) is 0 Å². The molecule has 1 fully saturated rings. The van der Waals surface area contributed by atoms with Crippen molar-refractivity contribution >= 4 is 23.6 Å². The lowest BCUT2D eigenvalue weighted by molar-refractivity contribution is 0.109. The third kappa shape index (κ3) is 2.52. The molecule has 2 rings (SSSR count). The van der Waals surface area contributed by atoms with Gasteiger partial charge in [0.15, 0.2) is 0 Å². The Morgan fingerprint density at radius 1 is 1.50 bits per heavy atom. The Morgan fingerprint density at radius 3 is 2.81 bits per heavy atom. The normalized spacial score (nSPS) is 16.4. The lowest BCUT2D eigenvalue weighted by Crippen LogP contribution is -2.18. The third-order valence-corrected chi connectivity index (χ3v) is 3.08. The molecule has 0 aliphatic heterocycles. The largest absolute Gasteiger partial charge is 0.367 e. The fourth-order valence-corrected chi connectivity index (χ4v) is 2.16. The van der Waals surface area contributed by atoms with Gasteiger partial charge in [-0.1, -0.05) is 12.8 Å². The van der Waals surface area contributed by atoms with Crippen LogP contribution in [0.4, 0.5) is 5.82 Å². The molecule has 0 radical (unpaired) electrons. The van der Waals surface area contributed by atoms with Gasteiger partial charge in [-0.05, 0) is 19.8 Å². The molecule has 1 aliphatic carbocycles. The van der Waals surface area contributed by atoms with Gasteiger partial charge in [0, 0.05) is 12.2 Å². The number of nitrogens with one attached hydrogen (secondary N) is 1. The third-order valence-electron chi connectivity index (χ3n) is 2.84. The van der Waals surface area contributed by atoms with Crippen LogP contribution in [-0.2, 0) is 0 Å². The van der Waals surface area contributed by atoms with E-state index in [1.807, 2.05) is 6.92 Å². The van der Waals surface area contributed by atoms with Gasteiger partial charge in [-0.15, -0.1) is 12.6 Å². The van der Waals surface area contributed by atoms with E-state index in [2.05, 4.69) is 27.9 Å². The smallest absolute Gasteiger partial charge is 0.221 e. The minimum Gasteiger partial charge on any atom is -0.367 e. The zero-order valence-electron chi connectivity index (χ0n) is 9.23. The van der Waals surface area contributed by atoms with Gasteiger partial charge in [-0.25, -0.2) is 9.97 Å². The summed E-state index contributed by atoms with van der Waals surface area (Å²) < 4.78 is 0. The Balaban J connectivity index is 2.22. The van der Waals surface area contributed by atoms with Crippen LogP contribution in [0.15, 0.2) is 6.20 Å². The highest BCUT2D eigenvalue weighted by Gasteiger charge is 2.18. The molecule has 1 aliphatic rings. The zero-order valence-corrected chi connectivity index (χ0v) is 10.1. The molecule has 16 heavy (non-hydrogen) atoms. The van der Waals surface area contributed by atoms with E-state index in [1.54, 1.807) is 0 Å².